The van der Waals surface area contributed by atoms with Crippen molar-refractivity contribution in [1.82, 2.24) is 10.2 Å². The highest BCUT2D eigenvalue weighted by Crippen LogP contribution is 2.33. The van der Waals surface area contributed by atoms with Gasteiger partial charge in [0, 0.05) is 31.7 Å². The van der Waals surface area contributed by atoms with Gasteiger partial charge in [0.2, 0.25) is 0 Å². The molecule has 0 radical (unpaired) electrons. The number of hydrogen-bond acceptors (Lipinski definition) is 3. The summed E-state index contributed by atoms with van der Waals surface area (Å²) >= 11 is 0. The van der Waals surface area contributed by atoms with E-state index in [0.29, 0.717) is 5.54 Å². The molecule has 1 saturated heterocycles. The van der Waals surface area contributed by atoms with Gasteiger partial charge < -0.3 is 10.1 Å². The number of morpholine rings is 1. The van der Waals surface area contributed by atoms with Crippen molar-refractivity contribution in [3.63, 3.8) is 0 Å². The van der Waals surface area contributed by atoms with Crippen LogP contribution >= 0.6 is 0 Å². The number of rotatable bonds is 5. The molecule has 0 bridgehead atoms. The molecule has 22 heavy (non-hydrogen) atoms. The Bertz CT molecular complexity index is 451. The highest BCUT2D eigenvalue weighted by atomic mass is 19.1. The molecule has 122 valence electrons. The van der Waals surface area contributed by atoms with E-state index in [2.05, 4.69) is 10.2 Å². The standard InChI is InChI=1S/C18H27FN2O/c19-17-6-4-16(5-7-17)14-20-15-18(8-2-1-3-9-18)21-10-12-22-13-11-21/h4-7,20H,1-3,8-15H2. The number of hydrogen-bond donors (Lipinski definition) is 1. The molecule has 0 atom stereocenters. The lowest BCUT2D eigenvalue weighted by molar-refractivity contribution is -0.0369. The maximum absolute atomic E-state index is 13.0. The second-order valence-corrected chi connectivity index (χ2v) is 6.61. The second kappa shape index (κ2) is 7.53. The fourth-order valence-corrected chi connectivity index (χ4v) is 3.89. The first kappa shape index (κ1) is 15.9. The molecule has 1 aliphatic carbocycles. The molecule has 1 saturated carbocycles. The van der Waals surface area contributed by atoms with Gasteiger partial charge in [-0.15, -0.1) is 0 Å². The summed E-state index contributed by atoms with van der Waals surface area (Å²) in [5, 5.41) is 3.62. The molecule has 2 fully saturated rings. The van der Waals surface area contributed by atoms with Crippen LogP contribution in [0.25, 0.3) is 0 Å². The number of ether oxygens (including phenoxy) is 1. The zero-order valence-electron chi connectivity index (χ0n) is 13.3. The summed E-state index contributed by atoms with van der Waals surface area (Å²) in [6.45, 7) is 5.66. The van der Waals surface area contributed by atoms with Crippen molar-refractivity contribution in [1.29, 1.82) is 0 Å². The van der Waals surface area contributed by atoms with Gasteiger partial charge in [-0.25, -0.2) is 4.39 Å². The first-order valence-electron chi connectivity index (χ1n) is 8.57. The van der Waals surface area contributed by atoms with Crippen LogP contribution in [0.4, 0.5) is 4.39 Å². The first-order chi connectivity index (χ1) is 10.8. The Kier molecular flexibility index (Phi) is 5.45. The molecule has 1 aromatic rings. The Balaban J connectivity index is 1.58. The highest BCUT2D eigenvalue weighted by Gasteiger charge is 2.38. The first-order valence-corrected chi connectivity index (χ1v) is 8.57. The van der Waals surface area contributed by atoms with Gasteiger partial charge >= 0.3 is 0 Å². The van der Waals surface area contributed by atoms with Crippen LogP contribution in [0.3, 0.4) is 0 Å². The van der Waals surface area contributed by atoms with Gasteiger partial charge in [0.25, 0.3) is 0 Å². The normalized spacial score (nSPS) is 22.6. The van der Waals surface area contributed by atoms with Crippen LogP contribution in [0.15, 0.2) is 24.3 Å². The van der Waals surface area contributed by atoms with Gasteiger partial charge in [-0.1, -0.05) is 31.4 Å². The molecule has 3 nitrogen and oxygen atoms in total. The average molecular weight is 306 g/mol. The minimum Gasteiger partial charge on any atom is -0.379 e. The van der Waals surface area contributed by atoms with E-state index in [1.54, 1.807) is 0 Å². The van der Waals surface area contributed by atoms with E-state index >= 15 is 0 Å². The van der Waals surface area contributed by atoms with Crippen molar-refractivity contribution < 1.29 is 9.13 Å². The summed E-state index contributed by atoms with van der Waals surface area (Å²) in [6, 6.07) is 6.81. The van der Waals surface area contributed by atoms with E-state index < -0.39 is 0 Å². The summed E-state index contributed by atoms with van der Waals surface area (Å²) in [5.74, 6) is -0.166. The molecule has 1 N–H and O–H groups in total. The quantitative estimate of drug-likeness (QED) is 0.905. The summed E-state index contributed by atoms with van der Waals surface area (Å²) in [6.07, 6.45) is 6.59. The predicted octanol–water partition coefficient (Wildman–Crippen LogP) is 2.95. The second-order valence-electron chi connectivity index (χ2n) is 6.61. The van der Waals surface area contributed by atoms with Crippen molar-refractivity contribution >= 4 is 0 Å². The summed E-state index contributed by atoms with van der Waals surface area (Å²) in [4.78, 5) is 2.65. The van der Waals surface area contributed by atoms with Crippen LogP contribution in [0.2, 0.25) is 0 Å². The Labute approximate surface area is 132 Å². The molecular formula is C18H27FN2O. The fraction of sp³-hybridized carbons (Fsp3) is 0.667. The Morgan fingerprint density at radius 2 is 1.73 bits per heavy atom. The minimum atomic E-state index is -0.166. The highest BCUT2D eigenvalue weighted by molar-refractivity contribution is 5.15. The van der Waals surface area contributed by atoms with Crippen molar-refractivity contribution in [2.75, 3.05) is 32.8 Å². The molecule has 1 aromatic carbocycles. The van der Waals surface area contributed by atoms with E-state index in [0.717, 1.165) is 45.0 Å². The third kappa shape index (κ3) is 3.86. The third-order valence-corrected chi connectivity index (χ3v) is 5.16. The van der Waals surface area contributed by atoms with Gasteiger partial charge in [-0.3, -0.25) is 4.90 Å². The predicted molar refractivity (Wildman–Crippen MR) is 86.3 cm³/mol. The van der Waals surface area contributed by atoms with Crippen molar-refractivity contribution in [3.05, 3.63) is 35.6 Å². The number of nitrogens with zero attached hydrogens (tertiary/aromatic N) is 1. The smallest absolute Gasteiger partial charge is 0.123 e. The Hall–Kier alpha value is -0.970. The largest absolute Gasteiger partial charge is 0.379 e. The lowest BCUT2D eigenvalue weighted by Crippen LogP contribution is -2.59. The molecule has 1 aliphatic heterocycles. The lowest BCUT2D eigenvalue weighted by Gasteiger charge is -2.48. The van der Waals surface area contributed by atoms with Crippen LogP contribution in [0.5, 0.6) is 0 Å². The summed E-state index contributed by atoms with van der Waals surface area (Å²) in [7, 11) is 0. The monoisotopic (exact) mass is 306 g/mol. The van der Waals surface area contributed by atoms with Crippen LogP contribution in [-0.2, 0) is 11.3 Å². The fourth-order valence-electron chi connectivity index (χ4n) is 3.89. The van der Waals surface area contributed by atoms with Crippen molar-refractivity contribution in [2.45, 2.75) is 44.2 Å². The topological polar surface area (TPSA) is 24.5 Å². The van der Waals surface area contributed by atoms with Crippen molar-refractivity contribution in [3.8, 4) is 0 Å². The number of benzene rings is 1. The molecular weight excluding hydrogens is 279 g/mol. The number of halogens is 1. The van der Waals surface area contributed by atoms with E-state index in [9.17, 15) is 4.39 Å². The zero-order chi connectivity index (χ0) is 15.3. The molecule has 3 rings (SSSR count). The van der Waals surface area contributed by atoms with E-state index in [-0.39, 0.29) is 5.82 Å². The SMILES string of the molecule is Fc1ccc(CNCC2(N3CCOCC3)CCCCC2)cc1. The molecule has 0 aromatic heterocycles. The molecule has 1 heterocycles. The average Bonchev–Trinajstić information content (AvgIpc) is 2.58. The number of nitrogens with one attached hydrogen (secondary N) is 1. The molecule has 0 unspecified atom stereocenters. The van der Waals surface area contributed by atoms with Gasteiger partial charge in [0.15, 0.2) is 0 Å². The van der Waals surface area contributed by atoms with E-state index in [1.807, 2.05) is 12.1 Å². The van der Waals surface area contributed by atoms with E-state index in [1.165, 1.54) is 44.2 Å². The molecule has 0 spiro atoms. The van der Waals surface area contributed by atoms with Crippen LogP contribution < -0.4 is 5.32 Å². The lowest BCUT2D eigenvalue weighted by atomic mass is 9.79. The van der Waals surface area contributed by atoms with Crippen molar-refractivity contribution in [2.24, 2.45) is 0 Å². The Morgan fingerprint density at radius 3 is 2.41 bits per heavy atom. The van der Waals surface area contributed by atoms with E-state index in [4.69, 9.17) is 4.74 Å². The molecule has 0 amide bonds. The van der Waals surface area contributed by atoms with Gasteiger partial charge in [-0.2, -0.15) is 0 Å². The van der Waals surface area contributed by atoms with Gasteiger partial charge in [0.05, 0.1) is 13.2 Å². The third-order valence-electron chi connectivity index (χ3n) is 5.16. The maximum atomic E-state index is 13.0. The van der Waals surface area contributed by atoms with Crippen LogP contribution in [-0.4, -0.2) is 43.3 Å². The Morgan fingerprint density at radius 1 is 1.05 bits per heavy atom. The maximum Gasteiger partial charge on any atom is 0.123 e. The van der Waals surface area contributed by atoms with Gasteiger partial charge in [0.1, 0.15) is 5.82 Å². The zero-order valence-corrected chi connectivity index (χ0v) is 13.3. The van der Waals surface area contributed by atoms with Gasteiger partial charge in [-0.05, 0) is 30.5 Å². The molecule has 4 heteroatoms. The van der Waals surface area contributed by atoms with Crippen LogP contribution in [0, 0.1) is 5.82 Å². The summed E-state index contributed by atoms with van der Waals surface area (Å²) < 4.78 is 18.5. The molecule has 2 aliphatic rings. The summed E-state index contributed by atoms with van der Waals surface area (Å²) in [5.41, 5.74) is 1.44. The minimum absolute atomic E-state index is 0.166. The van der Waals surface area contributed by atoms with Crippen LogP contribution in [0.1, 0.15) is 37.7 Å².